The average Bonchev–Trinajstić information content (AvgIpc) is 3.12. The highest BCUT2D eigenvalue weighted by Crippen LogP contribution is 2.15. The lowest BCUT2D eigenvalue weighted by Gasteiger charge is -2.27. The van der Waals surface area contributed by atoms with E-state index >= 15 is 0 Å². The van der Waals surface area contributed by atoms with Gasteiger partial charge in [0.1, 0.15) is 12.4 Å². The number of hydrogen-bond donors (Lipinski definition) is 2. The zero-order chi connectivity index (χ0) is 20.6. The van der Waals surface area contributed by atoms with Gasteiger partial charge in [0.05, 0.1) is 6.54 Å². The number of likely N-dealkylation sites (N-methyl/N-ethyl adjacent to an activating group) is 1. The van der Waals surface area contributed by atoms with E-state index in [0.717, 1.165) is 56.6 Å². The molecule has 0 fully saturated rings. The summed E-state index contributed by atoms with van der Waals surface area (Å²) in [5.74, 6) is 2.62. The lowest BCUT2D eigenvalue weighted by atomic mass is 10.1. The van der Waals surface area contributed by atoms with E-state index in [0.29, 0.717) is 6.61 Å². The normalized spacial score (nSPS) is 16.4. The van der Waals surface area contributed by atoms with Gasteiger partial charge in [-0.3, -0.25) is 4.99 Å². The Morgan fingerprint density at radius 2 is 2.28 bits per heavy atom. The number of ether oxygens (including phenoxy) is 1. The number of nitrogens with one attached hydrogen (secondary N) is 2. The van der Waals surface area contributed by atoms with Crippen molar-refractivity contribution in [3.63, 3.8) is 0 Å². The first-order chi connectivity index (χ1) is 14.1. The Bertz CT molecular complexity index is 817. The number of fused-ring (bicyclic) bond motifs is 1. The van der Waals surface area contributed by atoms with Crippen LogP contribution >= 0.6 is 0 Å². The zero-order valence-corrected chi connectivity index (χ0v) is 18.0. The van der Waals surface area contributed by atoms with Crippen LogP contribution in [0.2, 0.25) is 0 Å². The Balaban J connectivity index is 1.49. The highest BCUT2D eigenvalue weighted by atomic mass is 16.5. The van der Waals surface area contributed by atoms with Crippen molar-refractivity contribution in [2.24, 2.45) is 4.99 Å². The number of methoxy groups -OCH3 is 1. The average molecular weight is 400 g/mol. The van der Waals surface area contributed by atoms with Gasteiger partial charge in [-0.25, -0.2) is 9.67 Å². The van der Waals surface area contributed by atoms with Crippen molar-refractivity contribution in [1.82, 2.24) is 25.4 Å². The van der Waals surface area contributed by atoms with Crippen molar-refractivity contribution in [2.45, 2.75) is 45.9 Å². The van der Waals surface area contributed by atoms with Gasteiger partial charge < -0.3 is 20.3 Å². The summed E-state index contributed by atoms with van der Waals surface area (Å²) in [7, 11) is 3.48. The van der Waals surface area contributed by atoms with Crippen LogP contribution < -0.4 is 15.5 Å². The van der Waals surface area contributed by atoms with Crippen LogP contribution in [0, 0.1) is 6.92 Å². The minimum Gasteiger partial charge on any atom is -0.377 e. The Kier molecular flexibility index (Phi) is 7.46. The maximum atomic E-state index is 5.14. The van der Waals surface area contributed by atoms with Crippen LogP contribution in [-0.4, -0.2) is 60.6 Å². The van der Waals surface area contributed by atoms with Gasteiger partial charge in [-0.15, -0.1) is 0 Å². The standard InChI is InChI=1S/C21H33N7O/c1-5-27(18-8-6-7-16(2)13-18)12-11-23-21(22-3)24-17-9-10-20-25-19(15-29-4)26-28(20)14-17/h6-8,13,17H,5,9-12,14-15H2,1-4H3,(H2,22,23,24). The monoisotopic (exact) mass is 399 g/mol. The number of rotatable bonds is 8. The van der Waals surface area contributed by atoms with E-state index in [9.17, 15) is 0 Å². The molecule has 0 amide bonds. The molecule has 1 aliphatic rings. The molecule has 1 unspecified atom stereocenters. The van der Waals surface area contributed by atoms with Crippen LogP contribution in [0.25, 0.3) is 0 Å². The fraction of sp³-hybridized carbons (Fsp3) is 0.571. The van der Waals surface area contributed by atoms with Crippen molar-refractivity contribution in [3.8, 4) is 0 Å². The molecule has 29 heavy (non-hydrogen) atoms. The van der Waals surface area contributed by atoms with Crippen LogP contribution in [0.4, 0.5) is 5.69 Å². The number of anilines is 1. The second-order valence-corrected chi connectivity index (χ2v) is 7.36. The SMILES string of the molecule is CCN(CCNC(=NC)NC1CCc2nc(COC)nn2C1)c1cccc(C)c1. The van der Waals surface area contributed by atoms with E-state index in [1.165, 1.54) is 11.3 Å². The van der Waals surface area contributed by atoms with Gasteiger partial charge in [-0.05, 0) is 38.0 Å². The van der Waals surface area contributed by atoms with E-state index in [-0.39, 0.29) is 6.04 Å². The molecule has 0 spiro atoms. The molecule has 3 rings (SSSR count). The summed E-state index contributed by atoms with van der Waals surface area (Å²) in [6.07, 6.45) is 1.92. The third-order valence-electron chi connectivity index (χ3n) is 5.16. The maximum absolute atomic E-state index is 5.14. The number of aliphatic imine (C=N–C) groups is 1. The molecule has 0 saturated heterocycles. The summed E-state index contributed by atoms with van der Waals surface area (Å²) < 4.78 is 7.12. The van der Waals surface area contributed by atoms with E-state index in [4.69, 9.17) is 4.74 Å². The molecule has 1 aromatic heterocycles. The highest BCUT2D eigenvalue weighted by Gasteiger charge is 2.22. The third kappa shape index (κ3) is 5.69. The van der Waals surface area contributed by atoms with Gasteiger partial charge in [-0.1, -0.05) is 12.1 Å². The van der Waals surface area contributed by atoms with E-state index in [1.54, 1.807) is 7.11 Å². The summed E-state index contributed by atoms with van der Waals surface area (Å²) in [6.45, 7) is 8.26. The van der Waals surface area contributed by atoms with Gasteiger partial charge >= 0.3 is 0 Å². The molecule has 1 atom stereocenters. The van der Waals surface area contributed by atoms with Crippen molar-refractivity contribution in [2.75, 3.05) is 38.7 Å². The molecule has 0 saturated carbocycles. The predicted octanol–water partition coefficient (Wildman–Crippen LogP) is 1.74. The lowest BCUT2D eigenvalue weighted by Crippen LogP contribution is -2.48. The molecular weight excluding hydrogens is 366 g/mol. The minimum atomic E-state index is 0.282. The molecule has 2 aromatic rings. The van der Waals surface area contributed by atoms with Crippen molar-refractivity contribution < 1.29 is 4.74 Å². The Labute approximate surface area is 173 Å². The van der Waals surface area contributed by atoms with Crippen LogP contribution in [0.5, 0.6) is 0 Å². The summed E-state index contributed by atoms with van der Waals surface area (Å²) in [5.41, 5.74) is 2.54. The van der Waals surface area contributed by atoms with Crippen LogP contribution in [0.15, 0.2) is 29.3 Å². The Hall–Kier alpha value is -2.61. The molecule has 1 aromatic carbocycles. The van der Waals surface area contributed by atoms with Crippen molar-refractivity contribution >= 4 is 11.6 Å². The first kappa shape index (κ1) is 21.1. The van der Waals surface area contributed by atoms with Gasteiger partial charge in [0, 0.05) is 51.9 Å². The first-order valence-corrected chi connectivity index (χ1v) is 10.3. The number of hydrogen-bond acceptors (Lipinski definition) is 5. The molecule has 0 bridgehead atoms. The van der Waals surface area contributed by atoms with Gasteiger partial charge in [0.2, 0.25) is 0 Å². The molecule has 8 heteroatoms. The number of aryl methyl sites for hydroxylation is 2. The second kappa shape index (κ2) is 10.2. The molecule has 0 radical (unpaired) electrons. The quantitative estimate of drug-likeness (QED) is 0.520. The molecular formula is C21H33N7O. The number of aromatic nitrogens is 3. The first-order valence-electron chi connectivity index (χ1n) is 10.3. The molecule has 158 valence electrons. The number of benzene rings is 1. The fourth-order valence-corrected chi connectivity index (χ4v) is 3.66. The lowest BCUT2D eigenvalue weighted by molar-refractivity contribution is 0.177. The van der Waals surface area contributed by atoms with E-state index < -0.39 is 0 Å². The van der Waals surface area contributed by atoms with Crippen molar-refractivity contribution in [3.05, 3.63) is 41.5 Å². The zero-order valence-electron chi connectivity index (χ0n) is 18.0. The highest BCUT2D eigenvalue weighted by molar-refractivity contribution is 5.80. The van der Waals surface area contributed by atoms with Crippen LogP contribution in [-0.2, 0) is 24.3 Å². The van der Waals surface area contributed by atoms with Crippen LogP contribution in [0.3, 0.4) is 0 Å². The van der Waals surface area contributed by atoms with Gasteiger partial charge in [0.25, 0.3) is 0 Å². The largest absolute Gasteiger partial charge is 0.377 e. The Morgan fingerprint density at radius 3 is 3.00 bits per heavy atom. The van der Waals surface area contributed by atoms with Crippen LogP contribution in [0.1, 0.15) is 30.6 Å². The minimum absolute atomic E-state index is 0.282. The predicted molar refractivity (Wildman–Crippen MR) is 116 cm³/mol. The van der Waals surface area contributed by atoms with Gasteiger partial charge in [-0.2, -0.15) is 5.10 Å². The summed E-state index contributed by atoms with van der Waals surface area (Å²) in [5, 5.41) is 11.5. The number of guanidine groups is 1. The summed E-state index contributed by atoms with van der Waals surface area (Å²) >= 11 is 0. The number of nitrogens with zero attached hydrogens (tertiary/aromatic N) is 5. The summed E-state index contributed by atoms with van der Waals surface area (Å²) in [4.78, 5) is 11.3. The van der Waals surface area contributed by atoms with E-state index in [2.05, 4.69) is 68.7 Å². The topological polar surface area (TPSA) is 79.6 Å². The van der Waals surface area contributed by atoms with Crippen molar-refractivity contribution in [1.29, 1.82) is 0 Å². The third-order valence-corrected chi connectivity index (χ3v) is 5.16. The summed E-state index contributed by atoms with van der Waals surface area (Å²) in [6, 6.07) is 8.92. The molecule has 1 aliphatic heterocycles. The van der Waals surface area contributed by atoms with E-state index in [1.807, 2.05) is 11.7 Å². The fourth-order valence-electron chi connectivity index (χ4n) is 3.66. The molecule has 8 nitrogen and oxygen atoms in total. The Morgan fingerprint density at radius 1 is 1.41 bits per heavy atom. The smallest absolute Gasteiger partial charge is 0.191 e. The molecule has 2 N–H and O–H groups in total. The molecule has 0 aliphatic carbocycles. The maximum Gasteiger partial charge on any atom is 0.191 e. The second-order valence-electron chi connectivity index (χ2n) is 7.36. The molecule has 2 heterocycles. The van der Waals surface area contributed by atoms with Gasteiger partial charge in [0.15, 0.2) is 11.8 Å².